The number of ketones is 1. The molecule has 3 rings (SSSR count). The van der Waals surface area contributed by atoms with Crippen LogP contribution >= 0.6 is 0 Å². The Morgan fingerprint density at radius 3 is 2.06 bits per heavy atom. The summed E-state index contributed by atoms with van der Waals surface area (Å²) >= 11 is 0. The number of anilines is 1. The lowest BCUT2D eigenvalue weighted by Gasteiger charge is -2.36. The number of Topliss-reactive ketones (excluding diaryl/α,β-unsaturated/α-hetero) is 1. The first-order chi connectivity index (χ1) is 15.1. The van der Waals surface area contributed by atoms with Gasteiger partial charge in [-0.05, 0) is 61.6 Å². The highest BCUT2D eigenvalue weighted by Crippen LogP contribution is 2.27. The maximum absolute atomic E-state index is 13.6. The van der Waals surface area contributed by atoms with Crippen molar-refractivity contribution in [3.05, 3.63) is 54.1 Å². The van der Waals surface area contributed by atoms with E-state index in [2.05, 4.69) is 13.8 Å². The first-order valence-electron chi connectivity index (χ1n) is 10.7. The second-order valence-corrected chi connectivity index (χ2v) is 10.4. The van der Waals surface area contributed by atoms with Crippen LogP contribution in [0.25, 0.3) is 0 Å². The van der Waals surface area contributed by atoms with E-state index in [-0.39, 0.29) is 23.1 Å². The van der Waals surface area contributed by atoms with E-state index < -0.39 is 10.0 Å². The molecule has 0 radical (unpaired) electrons. The van der Waals surface area contributed by atoms with Crippen LogP contribution < -0.4 is 9.04 Å². The zero-order valence-corrected chi connectivity index (χ0v) is 19.8. The molecule has 0 saturated carbocycles. The molecule has 0 spiro atoms. The van der Waals surface area contributed by atoms with Gasteiger partial charge in [-0.1, -0.05) is 26.0 Å². The molecule has 2 aromatic carbocycles. The van der Waals surface area contributed by atoms with Gasteiger partial charge in [0, 0.05) is 18.7 Å². The maximum atomic E-state index is 13.6. The van der Waals surface area contributed by atoms with E-state index in [0.29, 0.717) is 41.9 Å². The van der Waals surface area contributed by atoms with Gasteiger partial charge in [0.1, 0.15) is 12.3 Å². The van der Waals surface area contributed by atoms with Crippen LogP contribution in [0.15, 0.2) is 53.4 Å². The van der Waals surface area contributed by atoms with Crippen LogP contribution in [0.1, 0.15) is 37.6 Å². The Labute approximate surface area is 190 Å². The Morgan fingerprint density at radius 1 is 1.00 bits per heavy atom. The fraction of sp³-hybridized carbons (Fsp3) is 0.417. The van der Waals surface area contributed by atoms with Gasteiger partial charge in [-0.3, -0.25) is 13.9 Å². The molecule has 1 aliphatic heterocycles. The number of carbonyl (C=O) groups excluding carboxylic acids is 2. The molecule has 172 valence electrons. The maximum Gasteiger partial charge on any atom is 0.264 e. The Balaban J connectivity index is 1.96. The lowest BCUT2D eigenvalue weighted by molar-refractivity contribution is -0.132. The molecule has 1 heterocycles. The third-order valence-corrected chi connectivity index (χ3v) is 7.50. The van der Waals surface area contributed by atoms with E-state index >= 15 is 0 Å². The van der Waals surface area contributed by atoms with Crippen molar-refractivity contribution in [3.63, 3.8) is 0 Å². The smallest absolute Gasteiger partial charge is 0.264 e. The number of benzene rings is 2. The zero-order valence-electron chi connectivity index (χ0n) is 18.9. The fourth-order valence-electron chi connectivity index (χ4n) is 4.14. The van der Waals surface area contributed by atoms with E-state index in [1.807, 2.05) is 0 Å². The van der Waals surface area contributed by atoms with Gasteiger partial charge in [-0.15, -0.1) is 0 Å². The Morgan fingerprint density at radius 2 is 1.56 bits per heavy atom. The van der Waals surface area contributed by atoms with Crippen molar-refractivity contribution in [2.75, 3.05) is 31.0 Å². The highest BCUT2D eigenvalue weighted by molar-refractivity contribution is 7.92. The van der Waals surface area contributed by atoms with E-state index in [0.717, 1.165) is 10.7 Å². The van der Waals surface area contributed by atoms with E-state index in [1.165, 1.54) is 38.3 Å². The summed E-state index contributed by atoms with van der Waals surface area (Å²) in [4.78, 5) is 26.5. The quantitative estimate of drug-likeness (QED) is 0.592. The first-order valence-corrected chi connectivity index (χ1v) is 12.1. The van der Waals surface area contributed by atoms with Gasteiger partial charge >= 0.3 is 0 Å². The Hall–Kier alpha value is -2.87. The average molecular weight is 459 g/mol. The van der Waals surface area contributed by atoms with Crippen molar-refractivity contribution < 1.29 is 22.7 Å². The molecule has 1 aliphatic rings. The van der Waals surface area contributed by atoms with Gasteiger partial charge < -0.3 is 9.64 Å². The van der Waals surface area contributed by atoms with Crippen LogP contribution in [-0.2, 0) is 14.8 Å². The summed E-state index contributed by atoms with van der Waals surface area (Å²) < 4.78 is 33.4. The number of nitrogens with zero attached hydrogens (tertiary/aromatic N) is 2. The molecule has 32 heavy (non-hydrogen) atoms. The van der Waals surface area contributed by atoms with Crippen molar-refractivity contribution in [3.8, 4) is 5.75 Å². The summed E-state index contributed by atoms with van der Waals surface area (Å²) in [6, 6.07) is 12.3. The number of ether oxygens (including phenoxy) is 1. The predicted molar refractivity (Wildman–Crippen MR) is 123 cm³/mol. The van der Waals surface area contributed by atoms with Crippen molar-refractivity contribution in [1.82, 2.24) is 4.90 Å². The summed E-state index contributed by atoms with van der Waals surface area (Å²) in [5, 5.41) is 0. The van der Waals surface area contributed by atoms with Crippen LogP contribution in [0.2, 0.25) is 0 Å². The van der Waals surface area contributed by atoms with Gasteiger partial charge in [-0.2, -0.15) is 0 Å². The Bertz CT molecular complexity index is 1050. The monoisotopic (exact) mass is 458 g/mol. The molecule has 2 atom stereocenters. The average Bonchev–Trinajstić information content (AvgIpc) is 2.76. The molecule has 7 nitrogen and oxygen atoms in total. The van der Waals surface area contributed by atoms with E-state index in [9.17, 15) is 18.0 Å². The number of sulfonamides is 1. The molecule has 1 amide bonds. The van der Waals surface area contributed by atoms with Gasteiger partial charge in [0.05, 0.1) is 17.7 Å². The third kappa shape index (κ3) is 5.30. The molecule has 2 aromatic rings. The first kappa shape index (κ1) is 23.8. The minimum absolute atomic E-state index is 0.0199. The fourth-order valence-corrected chi connectivity index (χ4v) is 5.56. The molecular formula is C24H30N2O5S. The lowest BCUT2D eigenvalue weighted by Crippen LogP contribution is -2.48. The van der Waals surface area contributed by atoms with Crippen LogP contribution in [-0.4, -0.2) is 51.8 Å². The van der Waals surface area contributed by atoms with Gasteiger partial charge in [0.15, 0.2) is 5.78 Å². The third-order valence-electron chi connectivity index (χ3n) is 5.71. The summed E-state index contributed by atoms with van der Waals surface area (Å²) in [6.45, 7) is 6.56. The number of rotatable bonds is 7. The number of hydrogen-bond donors (Lipinski definition) is 0. The predicted octanol–water partition coefficient (Wildman–Crippen LogP) is 3.60. The molecule has 1 fully saturated rings. The van der Waals surface area contributed by atoms with Crippen LogP contribution in [0.5, 0.6) is 5.75 Å². The second-order valence-electron chi connectivity index (χ2n) is 8.54. The van der Waals surface area contributed by atoms with E-state index in [4.69, 9.17) is 4.74 Å². The normalized spacial score (nSPS) is 18.8. The number of hydrogen-bond acceptors (Lipinski definition) is 5. The highest BCUT2D eigenvalue weighted by atomic mass is 32.2. The van der Waals surface area contributed by atoms with E-state index in [1.54, 1.807) is 29.2 Å². The molecule has 0 N–H and O–H groups in total. The van der Waals surface area contributed by atoms with Gasteiger partial charge in [0.2, 0.25) is 5.91 Å². The number of methoxy groups -OCH3 is 1. The van der Waals surface area contributed by atoms with Crippen LogP contribution in [0.3, 0.4) is 0 Å². The summed E-state index contributed by atoms with van der Waals surface area (Å²) in [5.41, 5.74) is 0.792. The zero-order chi connectivity index (χ0) is 23.5. The Kier molecular flexibility index (Phi) is 7.23. The molecule has 0 unspecified atom stereocenters. The van der Waals surface area contributed by atoms with Crippen LogP contribution in [0.4, 0.5) is 5.69 Å². The minimum Gasteiger partial charge on any atom is -0.497 e. The summed E-state index contributed by atoms with van der Waals surface area (Å²) in [7, 11) is -2.51. The summed E-state index contributed by atoms with van der Waals surface area (Å²) in [5.74, 6) is 0.940. The molecule has 0 aromatic heterocycles. The number of carbonyl (C=O) groups is 2. The molecule has 0 bridgehead atoms. The lowest BCUT2D eigenvalue weighted by atomic mass is 9.92. The number of likely N-dealkylation sites (tertiary alicyclic amines) is 1. The highest BCUT2D eigenvalue weighted by Gasteiger charge is 2.31. The van der Waals surface area contributed by atoms with Gasteiger partial charge in [-0.25, -0.2) is 8.42 Å². The molecule has 1 saturated heterocycles. The molecule has 8 heteroatoms. The van der Waals surface area contributed by atoms with Crippen molar-refractivity contribution >= 4 is 27.4 Å². The van der Waals surface area contributed by atoms with Crippen molar-refractivity contribution in [1.29, 1.82) is 0 Å². The topological polar surface area (TPSA) is 84.0 Å². The molecule has 0 aliphatic carbocycles. The van der Waals surface area contributed by atoms with Crippen molar-refractivity contribution in [2.45, 2.75) is 32.1 Å². The van der Waals surface area contributed by atoms with Crippen molar-refractivity contribution in [2.24, 2.45) is 11.8 Å². The largest absolute Gasteiger partial charge is 0.497 e. The van der Waals surface area contributed by atoms with Crippen LogP contribution in [0, 0.1) is 11.8 Å². The standard InChI is InChI=1S/C24H30N2O5S/c1-17-13-18(2)15-25(14-17)24(28)16-26(21-7-9-22(31-4)10-8-21)32(29,30)23-11-5-20(6-12-23)19(3)27/h5-12,17-18H,13-16H2,1-4H3/t17-,18+. The molecular weight excluding hydrogens is 428 g/mol. The SMILES string of the molecule is COc1ccc(N(CC(=O)N2C[C@H](C)C[C@H](C)C2)S(=O)(=O)c2ccc(C(C)=O)cc2)cc1. The second kappa shape index (κ2) is 9.73. The summed E-state index contributed by atoms with van der Waals surface area (Å²) in [6.07, 6.45) is 1.05. The number of piperidine rings is 1. The number of amides is 1. The minimum atomic E-state index is -4.04. The van der Waals surface area contributed by atoms with Gasteiger partial charge in [0.25, 0.3) is 10.0 Å².